The summed E-state index contributed by atoms with van der Waals surface area (Å²) in [6.07, 6.45) is -8.76. The fourth-order valence-electron chi connectivity index (χ4n) is 6.61. The van der Waals surface area contributed by atoms with Gasteiger partial charge in [-0.15, -0.1) is 6.58 Å². The number of aliphatic hydroxyl groups excluding tert-OH is 3. The SMILES string of the molecule is C=CCO[C@@H]1O[C@H](CO)[C@H](OCc2ccccc2)[C@H](O[C@H]2O[C@H](CO)[C@H](OCc3ccccc3)[C@H](O)[C@H]2OCc2ccccc2)[C@H]1OCc1ccccc1. The van der Waals surface area contributed by atoms with Gasteiger partial charge in [-0.05, 0) is 22.3 Å². The molecule has 11 heteroatoms. The first-order valence-electron chi connectivity index (χ1n) is 18.3. The van der Waals surface area contributed by atoms with Crippen LogP contribution in [0.2, 0.25) is 0 Å². The summed E-state index contributed by atoms with van der Waals surface area (Å²) in [5, 5.41) is 33.3. The van der Waals surface area contributed by atoms with E-state index in [1.807, 2.05) is 121 Å². The second-order valence-corrected chi connectivity index (χ2v) is 13.2. The molecule has 6 rings (SSSR count). The van der Waals surface area contributed by atoms with E-state index >= 15 is 0 Å². The maximum absolute atomic E-state index is 12.0. The van der Waals surface area contributed by atoms with Gasteiger partial charge in [0.1, 0.15) is 48.8 Å². The monoisotopic (exact) mass is 742 g/mol. The molecule has 2 aliphatic heterocycles. The second kappa shape index (κ2) is 20.7. The molecular formula is C43H50O11. The summed E-state index contributed by atoms with van der Waals surface area (Å²) in [6.45, 7) is 3.67. The van der Waals surface area contributed by atoms with E-state index in [2.05, 4.69) is 6.58 Å². The molecule has 0 aromatic heterocycles. The molecule has 0 unspecified atom stereocenters. The zero-order chi connectivity index (χ0) is 37.5. The van der Waals surface area contributed by atoms with Gasteiger partial charge in [0.2, 0.25) is 0 Å². The molecule has 4 aromatic carbocycles. The van der Waals surface area contributed by atoms with Gasteiger partial charge in [0.25, 0.3) is 0 Å². The summed E-state index contributed by atoms with van der Waals surface area (Å²) < 4.78 is 51.4. The molecule has 288 valence electrons. The predicted octanol–water partition coefficient (Wildman–Crippen LogP) is 4.71. The van der Waals surface area contributed by atoms with Gasteiger partial charge in [-0.2, -0.15) is 0 Å². The Morgan fingerprint density at radius 1 is 0.481 bits per heavy atom. The number of benzene rings is 4. The maximum atomic E-state index is 12.0. The lowest BCUT2D eigenvalue weighted by molar-refractivity contribution is -0.374. The van der Waals surface area contributed by atoms with Crippen LogP contribution < -0.4 is 0 Å². The lowest BCUT2D eigenvalue weighted by Gasteiger charge is -2.49. The summed E-state index contributed by atoms with van der Waals surface area (Å²) >= 11 is 0. The fourth-order valence-corrected chi connectivity index (χ4v) is 6.61. The molecule has 11 nitrogen and oxygen atoms in total. The highest BCUT2D eigenvalue weighted by atomic mass is 16.8. The van der Waals surface area contributed by atoms with Crippen LogP contribution in [0.3, 0.4) is 0 Å². The molecule has 2 saturated heterocycles. The Kier molecular flexibility index (Phi) is 15.3. The molecule has 0 aliphatic carbocycles. The minimum Gasteiger partial charge on any atom is -0.394 e. The zero-order valence-electron chi connectivity index (χ0n) is 30.2. The predicted molar refractivity (Wildman–Crippen MR) is 199 cm³/mol. The first-order valence-corrected chi connectivity index (χ1v) is 18.3. The zero-order valence-corrected chi connectivity index (χ0v) is 30.2. The molecule has 0 bridgehead atoms. The molecule has 54 heavy (non-hydrogen) atoms. The van der Waals surface area contributed by atoms with E-state index in [0.717, 1.165) is 22.3 Å². The van der Waals surface area contributed by atoms with Gasteiger partial charge in [0.05, 0.1) is 46.2 Å². The summed E-state index contributed by atoms with van der Waals surface area (Å²) in [5.74, 6) is 0. The average molecular weight is 743 g/mol. The lowest BCUT2D eigenvalue weighted by atomic mass is 9.96. The molecule has 2 fully saturated rings. The summed E-state index contributed by atoms with van der Waals surface area (Å²) in [4.78, 5) is 0. The molecule has 10 atom stereocenters. The van der Waals surface area contributed by atoms with Gasteiger partial charge in [0.15, 0.2) is 12.6 Å². The van der Waals surface area contributed by atoms with Crippen LogP contribution in [0.1, 0.15) is 22.3 Å². The van der Waals surface area contributed by atoms with E-state index < -0.39 is 74.6 Å². The van der Waals surface area contributed by atoms with Crippen molar-refractivity contribution in [2.45, 2.75) is 87.8 Å². The van der Waals surface area contributed by atoms with Crippen LogP contribution >= 0.6 is 0 Å². The molecule has 4 aromatic rings. The maximum Gasteiger partial charge on any atom is 0.187 e. The van der Waals surface area contributed by atoms with E-state index in [1.54, 1.807) is 6.08 Å². The molecule has 0 saturated carbocycles. The van der Waals surface area contributed by atoms with Gasteiger partial charge in [-0.25, -0.2) is 0 Å². The van der Waals surface area contributed by atoms with Gasteiger partial charge < -0.3 is 53.2 Å². The van der Waals surface area contributed by atoms with Crippen LogP contribution in [0.4, 0.5) is 0 Å². The Morgan fingerprint density at radius 3 is 1.31 bits per heavy atom. The Bertz CT molecular complexity index is 1630. The number of ether oxygens (including phenoxy) is 8. The van der Waals surface area contributed by atoms with E-state index in [-0.39, 0.29) is 33.0 Å². The molecule has 0 amide bonds. The Hall–Kier alpha value is -3.82. The van der Waals surface area contributed by atoms with Crippen LogP contribution in [-0.2, 0) is 64.3 Å². The topological polar surface area (TPSA) is 135 Å². The van der Waals surface area contributed by atoms with Crippen molar-refractivity contribution in [3.8, 4) is 0 Å². The number of hydrogen-bond acceptors (Lipinski definition) is 11. The minimum atomic E-state index is -1.29. The summed E-state index contributed by atoms with van der Waals surface area (Å²) in [5.41, 5.74) is 3.55. The number of rotatable bonds is 19. The van der Waals surface area contributed by atoms with Gasteiger partial charge in [-0.1, -0.05) is 127 Å². The van der Waals surface area contributed by atoms with Crippen molar-refractivity contribution in [1.29, 1.82) is 0 Å². The molecule has 0 radical (unpaired) electrons. The smallest absolute Gasteiger partial charge is 0.187 e. The highest BCUT2D eigenvalue weighted by Gasteiger charge is 2.54. The lowest BCUT2D eigenvalue weighted by Crippen LogP contribution is -2.66. The van der Waals surface area contributed by atoms with Gasteiger partial charge in [-0.3, -0.25) is 0 Å². The van der Waals surface area contributed by atoms with E-state index in [0.29, 0.717) is 0 Å². The largest absolute Gasteiger partial charge is 0.394 e. The Balaban J connectivity index is 1.33. The van der Waals surface area contributed by atoms with Crippen LogP contribution in [0, 0.1) is 0 Å². The van der Waals surface area contributed by atoms with E-state index in [4.69, 9.17) is 37.9 Å². The normalized spacial score (nSPS) is 28.4. The Morgan fingerprint density at radius 2 is 0.870 bits per heavy atom. The van der Waals surface area contributed by atoms with Crippen LogP contribution in [0.15, 0.2) is 134 Å². The van der Waals surface area contributed by atoms with Crippen molar-refractivity contribution >= 4 is 0 Å². The second-order valence-electron chi connectivity index (χ2n) is 13.2. The van der Waals surface area contributed by atoms with Crippen LogP contribution in [0.25, 0.3) is 0 Å². The summed E-state index contributed by atoms with van der Waals surface area (Å²) in [7, 11) is 0. The van der Waals surface area contributed by atoms with E-state index in [9.17, 15) is 15.3 Å². The number of aliphatic hydroxyl groups is 3. The standard InChI is InChI=1S/C43H50O11/c1-2-23-47-42-41(51-29-33-21-13-6-14-22-33)40(38(35(25-45)52-42)49-27-31-17-9-4-10-18-31)54-43-39(50-28-32-19-11-5-12-20-32)36(46)37(34(24-44)53-43)48-26-30-15-7-3-8-16-30/h2-22,34-46H,1,23-29H2/t34-,35-,36+,37+,38+,39-,40+,41-,42-,43-/m1/s1. The van der Waals surface area contributed by atoms with Crippen molar-refractivity contribution in [3.05, 3.63) is 156 Å². The van der Waals surface area contributed by atoms with Crippen molar-refractivity contribution in [3.63, 3.8) is 0 Å². The third kappa shape index (κ3) is 10.7. The summed E-state index contributed by atoms with van der Waals surface area (Å²) in [6, 6.07) is 38.3. The molecule has 0 spiro atoms. The van der Waals surface area contributed by atoms with Crippen LogP contribution in [-0.4, -0.2) is 96.6 Å². The first-order chi connectivity index (χ1) is 26.6. The van der Waals surface area contributed by atoms with Crippen LogP contribution in [0.5, 0.6) is 0 Å². The van der Waals surface area contributed by atoms with Crippen molar-refractivity contribution in [2.24, 2.45) is 0 Å². The highest BCUT2D eigenvalue weighted by Crippen LogP contribution is 2.35. The third-order valence-corrected chi connectivity index (χ3v) is 9.38. The van der Waals surface area contributed by atoms with Crippen molar-refractivity contribution in [1.82, 2.24) is 0 Å². The number of hydrogen-bond donors (Lipinski definition) is 3. The van der Waals surface area contributed by atoms with Gasteiger partial charge >= 0.3 is 0 Å². The molecule has 2 aliphatic rings. The first kappa shape index (κ1) is 39.9. The minimum absolute atomic E-state index is 0.126. The van der Waals surface area contributed by atoms with Crippen molar-refractivity contribution in [2.75, 3.05) is 19.8 Å². The van der Waals surface area contributed by atoms with Crippen molar-refractivity contribution < 1.29 is 53.2 Å². The molecular weight excluding hydrogens is 692 g/mol. The average Bonchev–Trinajstić information content (AvgIpc) is 3.22. The Labute approximate surface area is 316 Å². The molecule has 3 N–H and O–H groups in total. The van der Waals surface area contributed by atoms with Gasteiger partial charge in [0, 0.05) is 0 Å². The fraction of sp³-hybridized carbons (Fsp3) is 0.395. The highest BCUT2D eigenvalue weighted by molar-refractivity contribution is 5.16. The molecule has 2 heterocycles. The third-order valence-electron chi connectivity index (χ3n) is 9.38. The quantitative estimate of drug-likeness (QED) is 0.115. The van der Waals surface area contributed by atoms with E-state index in [1.165, 1.54) is 0 Å².